The lowest BCUT2D eigenvalue weighted by molar-refractivity contribution is 0.188. The first-order valence-corrected chi connectivity index (χ1v) is 10.3. The molecule has 0 bridgehead atoms. The summed E-state index contributed by atoms with van der Waals surface area (Å²) in [7, 11) is 0. The van der Waals surface area contributed by atoms with Crippen LogP contribution in [0.15, 0.2) is 4.99 Å². The minimum absolute atomic E-state index is 0.601. The van der Waals surface area contributed by atoms with Gasteiger partial charge in [0.2, 0.25) is 0 Å². The minimum Gasteiger partial charge on any atom is -0.357 e. The number of likely N-dealkylation sites (tertiary alicyclic amines) is 1. The van der Waals surface area contributed by atoms with E-state index in [2.05, 4.69) is 41.1 Å². The molecule has 0 saturated carbocycles. The van der Waals surface area contributed by atoms with Crippen LogP contribution in [-0.4, -0.2) is 61.1 Å². The molecule has 2 N–H and O–H groups in total. The first-order valence-electron chi connectivity index (χ1n) is 9.16. The Labute approximate surface area is 140 Å². The van der Waals surface area contributed by atoms with Gasteiger partial charge in [0.25, 0.3) is 0 Å². The normalized spacial score (nSPS) is 25.2. The summed E-state index contributed by atoms with van der Waals surface area (Å²) < 4.78 is 0. The zero-order valence-electron chi connectivity index (χ0n) is 14.4. The maximum atomic E-state index is 4.81. The van der Waals surface area contributed by atoms with Crippen LogP contribution in [0.3, 0.4) is 0 Å². The van der Waals surface area contributed by atoms with Gasteiger partial charge in [0, 0.05) is 24.9 Å². The predicted molar refractivity (Wildman–Crippen MR) is 98.9 cm³/mol. The first kappa shape index (κ1) is 17.9. The van der Waals surface area contributed by atoms with Gasteiger partial charge in [-0.15, -0.1) is 0 Å². The molecule has 4 nitrogen and oxygen atoms in total. The standard InChI is InChI=1S/C17H34N4S/c1-3-18-17(20-16-6-5-13-22-14-16)19-10-7-15-8-11-21(4-2)12-9-15/h15-16H,3-14H2,1-2H3,(H2,18,19,20). The molecule has 0 aromatic carbocycles. The number of nitrogens with zero attached hydrogens (tertiary/aromatic N) is 2. The Morgan fingerprint density at radius 3 is 2.68 bits per heavy atom. The van der Waals surface area contributed by atoms with Crippen LogP contribution in [-0.2, 0) is 0 Å². The number of hydrogen-bond donors (Lipinski definition) is 2. The molecule has 0 aromatic rings. The molecule has 1 unspecified atom stereocenters. The van der Waals surface area contributed by atoms with Crippen LogP contribution < -0.4 is 10.6 Å². The second kappa shape index (κ2) is 10.4. The van der Waals surface area contributed by atoms with E-state index in [9.17, 15) is 0 Å². The third-order valence-corrected chi connectivity index (χ3v) is 6.02. The molecular weight excluding hydrogens is 292 g/mol. The zero-order valence-corrected chi connectivity index (χ0v) is 15.3. The van der Waals surface area contributed by atoms with Crippen LogP contribution in [0.2, 0.25) is 0 Å². The summed E-state index contributed by atoms with van der Waals surface area (Å²) in [6.07, 6.45) is 6.57. The molecule has 2 rings (SSSR count). The second-order valence-electron chi connectivity index (χ2n) is 6.49. The number of rotatable bonds is 6. The van der Waals surface area contributed by atoms with Gasteiger partial charge in [0.1, 0.15) is 0 Å². The summed E-state index contributed by atoms with van der Waals surface area (Å²) in [5.41, 5.74) is 0. The van der Waals surface area contributed by atoms with Crippen LogP contribution in [0.5, 0.6) is 0 Å². The molecule has 2 saturated heterocycles. The van der Waals surface area contributed by atoms with Crippen molar-refractivity contribution >= 4 is 17.7 Å². The van der Waals surface area contributed by atoms with Crippen LogP contribution in [0.25, 0.3) is 0 Å². The number of aliphatic imine (C=N–C) groups is 1. The number of hydrogen-bond acceptors (Lipinski definition) is 3. The van der Waals surface area contributed by atoms with E-state index in [1.165, 1.54) is 63.2 Å². The Bertz CT molecular complexity index is 321. The predicted octanol–water partition coefficient (Wildman–Crippen LogP) is 2.56. The average Bonchev–Trinajstić information content (AvgIpc) is 2.56. The Hall–Kier alpha value is -0.420. The molecule has 2 heterocycles. The molecule has 2 aliphatic rings. The van der Waals surface area contributed by atoms with E-state index in [-0.39, 0.29) is 0 Å². The monoisotopic (exact) mass is 326 g/mol. The van der Waals surface area contributed by atoms with E-state index < -0.39 is 0 Å². The number of piperidine rings is 1. The summed E-state index contributed by atoms with van der Waals surface area (Å²) in [6, 6.07) is 0.601. The van der Waals surface area contributed by atoms with Crippen molar-refractivity contribution in [3.8, 4) is 0 Å². The number of guanidine groups is 1. The summed E-state index contributed by atoms with van der Waals surface area (Å²) in [6.45, 7) is 10.1. The lowest BCUT2D eigenvalue weighted by Gasteiger charge is -2.30. The maximum absolute atomic E-state index is 4.81. The second-order valence-corrected chi connectivity index (χ2v) is 7.64. The smallest absolute Gasteiger partial charge is 0.191 e. The van der Waals surface area contributed by atoms with Crippen molar-refractivity contribution in [1.29, 1.82) is 0 Å². The van der Waals surface area contributed by atoms with E-state index in [0.29, 0.717) is 6.04 Å². The fraction of sp³-hybridized carbons (Fsp3) is 0.941. The van der Waals surface area contributed by atoms with Crippen molar-refractivity contribution in [3.05, 3.63) is 0 Å². The first-order chi connectivity index (χ1) is 10.8. The molecule has 128 valence electrons. The highest BCUT2D eigenvalue weighted by Crippen LogP contribution is 2.20. The van der Waals surface area contributed by atoms with E-state index in [0.717, 1.165) is 25.0 Å². The van der Waals surface area contributed by atoms with E-state index in [1.54, 1.807) is 0 Å². The third kappa shape index (κ3) is 6.37. The Balaban J connectivity index is 1.70. The molecule has 0 spiro atoms. The van der Waals surface area contributed by atoms with E-state index in [1.807, 2.05) is 0 Å². The Morgan fingerprint density at radius 1 is 1.23 bits per heavy atom. The minimum atomic E-state index is 0.601. The van der Waals surface area contributed by atoms with Crippen molar-refractivity contribution in [2.75, 3.05) is 44.2 Å². The Morgan fingerprint density at radius 2 is 2.05 bits per heavy atom. The van der Waals surface area contributed by atoms with Crippen LogP contribution in [0.1, 0.15) is 46.0 Å². The fourth-order valence-electron chi connectivity index (χ4n) is 3.32. The fourth-order valence-corrected chi connectivity index (χ4v) is 4.39. The van der Waals surface area contributed by atoms with Crippen molar-refractivity contribution in [3.63, 3.8) is 0 Å². The number of thioether (sulfide) groups is 1. The lowest BCUT2D eigenvalue weighted by Crippen LogP contribution is -2.45. The van der Waals surface area contributed by atoms with Crippen LogP contribution >= 0.6 is 11.8 Å². The SMILES string of the molecule is CCNC(=NCCC1CCN(CC)CC1)NC1CCCSC1. The topological polar surface area (TPSA) is 39.7 Å². The molecule has 22 heavy (non-hydrogen) atoms. The maximum Gasteiger partial charge on any atom is 0.191 e. The lowest BCUT2D eigenvalue weighted by atomic mass is 9.94. The van der Waals surface area contributed by atoms with Gasteiger partial charge in [-0.05, 0) is 70.3 Å². The molecule has 0 aromatic heterocycles. The van der Waals surface area contributed by atoms with Crippen molar-refractivity contribution in [2.45, 2.75) is 52.0 Å². The largest absolute Gasteiger partial charge is 0.357 e. The van der Waals surface area contributed by atoms with Gasteiger partial charge in [-0.3, -0.25) is 4.99 Å². The molecule has 0 aliphatic carbocycles. The quantitative estimate of drug-likeness (QED) is 0.581. The average molecular weight is 327 g/mol. The summed E-state index contributed by atoms with van der Waals surface area (Å²) in [4.78, 5) is 7.37. The van der Waals surface area contributed by atoms with Gasteiger partial charge >= 0.3 is 0 Å². The van der Waals surface area contributed by atoms with Crippen molar-refractivity contribution in [2.24, 2.45) is 10.9 Å². The van der Waals surface area contributed by atoms with Crippen LogP contribution in [0.4, 0.5) is 0 Å². The van der Waals surface area contributed by atoms with E-state index in [4.69, 9.17) is 4.99 Å². The molecule has 2 fully saturated rings. The van der Waals surface area contributed by atoms with Crippen molar-refractivity contribution < 1.29 is 0 Å². The highest BCUT2D eigenvalue weighted by molar-refractivity contribution is 7.99. The molecule has 1 atom stereocenters. The molecular formula is C17H34N4S. The van der Waals surface area contributed by atoms with Gasteiger partial charge in [-0.2, -0.15) is 11.8 Å². The molecule has 0 amide bonds. The summed E-state index contributed by atoms with van der Waals surface area (Å²) in [5, 5.41) is 7.03. The third-order valence-electron chi connectivity index (χ3n) is 4.81. The Kier molecular flexibility index (Phi) is 8.45. The van der Waals surface area contributed by atoms with Gasteiger partial charge in [0.05, 0.1) is 0 Å². The van der Waals surface area contributed by atoms with E-state index >= 15 is 0 Å². The highest BCUT2D eigenvalue weighted by atomic mass is 32.2. The van der Waals surface area contributed by atoms with Crippen LogP contribution in [0, 0.1) is 5.92 Å². The highest BCUT2D eigenvalue weighted by Gasteiger charge is 2.18. The zero-order chi connectivity index (χ0) is 15.6. The van der Waals surface area contributed by atoms with Gasteiger partial charge < -0.3 is 15.5 Å². The van der Waals surface area contributed by atoms with Crippen molar-refractivity contribution in [1.82, 2.24) is 15.5 Å². The molecule has 0 radical (unpaired) electrons. The molecule has 2 aliphatic heterocycles. The molecule has 5 heteroatoms. The number of nitrogens with one attached hydrogen (secondary N) is 2. The summed E-state index contributed by atoms with van der Waals surface area (Å²) in [5.74, 6) is 4.45. The van der Waals surface area contributed by atoms with Gasteiger partial charge in [-0.25, -0.2) is 0 Å². The summed E-state index contributed by atoms with van der Waals surface area (Å²) >= 11 is 2.06. The van der Waals surface area contributed by atoms with Gasteiger partial charge in [0.15, 0.2) is 5.96 Å². The van der Waals surface area contributed by atoms with Gasteiger partial charge in [-0.1, -0.05) is 6.92 Å².